The molecule has 3 N–H and O–H groups in total. The monoisotopic (exact) mass is 370 g/mol. The summed E-state index contributed by atoms with van der Waals surface area (Å²) < 4.78 is 0. The summed E-state index contributed by atoms with van der Waals surface area (Å²) in [4.78, 5) is 15.6. The van der Waals surface area contributed by atoms with E-state index in [0.29, 0.717) is 0 Å². The first-order valence-corrected chi connectivity index (χ1v) is 7.83. The summed E-state index contributed by atoms with van der Waals surface area (Å²) in [6.07, 6.45) is 9.00. The fourth-order valence-corrected chi connectivity index (χ4v) is 3.13. The van der Waals surface area contributed by atoms with E-state index in [1.165, 1.54) is 6.42 Å². The van der Waals surface area contributed by atoms with Crippen LogP contribution >= 0.6 is 24.8 Å². The van der Waals surface area contributed by atoms with Gasteiger partial charge in [0.2, 0.25) is 5.91 Å². The molecule has 0 spiro atoms. The van der Waals surface area contributed by atoms with Crippen LogP contribution in [-0.4, -0.2) is 16.6 Å². The number of carbonyl (C=O) groups is 1. The van der Waals surface area contributed by atoms with Crippen molar-refractivity contribution < 1.29 is 4.79 Å². The van der Waals surface area contributed by atoms with Crippen molar-refractivity contribution in [3.05, 3.63) is 36.7 Å². The van der Waals surface area contributed by atoms with Crippen LogP contribution in [0.3, 0.4) is 0 Å². The van der Waals surface area contributed by atoms with Crippen LogP contribution in [0.5, 0.6) is 0 Å². The Balaban J connectivity index is 0.00000144. The number of pyridine rings is 1. The summed E-state index contributed by atoms with van der Waals surface area (Å²) in [5, 5.41) is 5.33. The third-order valence-corrected chi connectivity index (χ3v) is 4.21. The van der Waals surface area contributed by atoms with Crippen LogP contribution in [0.2, 0.25) is 0 Å². The van der Waals surface area contributed by atoms with Gasteiger partial charge in [0.15, 0.2) is 0 Å². The molecule has 1 saturated carbocycles. The highest BCUT2D eigenvalue weighted by Gasteiger charge is 2.32. The highest BCUT2D eigenvalue weighted by Crippen LogP contribution is 2.26. The zero-order chi connectivity index (χ0) is 15.4. The molecule has 0 unspecified atom stereocenters. The maximum atomic E-state index is 11.5. The fourth-order valence-electron chi connectivity index (χ4n) is 3.13. The number of anilines is 1. The lowest BCUT2D eigenvalue weighted by atomic mass is 9.89. The molecule has 132 valence electrons. The van der Waals surface area contributed by atoms with Crippen LogP contribution in [0.4, 0.5) is 5.69 Å². The van der Waals surface area contributed by atoms with Crippen molar-refractivity contribution in [2.45, 2.75) is 44.7 Å². The van der Waals surface area contributed by atoms with Crippen LogP contribution in [-0.2, 0) is 4.79 Å². The Labute approximate surface area is 154 Å². The first-order chi connectivity index (χ1) is 10.7. The molecule has 0 atom stereocenters. The highest BCUT2D eigenvalue weighted by atomic mass is 35.5. The number of aromatic nitrogens is 1. The van der Waals surface area contributed by atoms with E-state index in [1.54, 1.807) is 13.1 Å². The molecule has 0 saturated heterocycles. The fraction of sp³-hybridized carbons (Fsp3) is 0.412. The van der Waals surface area contributed by atoms with Gasteiger partial charge in [0, 0.05) is 30.4 Å². The van der Waals surface area contributed by atoms with Crippen LogP contribution in [0.25, 0.3) is 10.8 Å². The van der Waals surface area contributed by atoms with Gasteiger partial charge in [-0.1, -0.05) is 12.5 Å². The Kier molecular flexibility index (Phi) is 7.73. The van der Waals surface area contributed by atoms with Crippen molar-refractivity contribution in [3.63, 3.8) is 0 Å². The van der Waals surface area contributed by atoms with Crippen molar-refractivity contribution in [3.8, 4) is 0 Å². The molecule has 0 aliphatic heterocycles. The topological polar surface area (TPSA) is 66.1 Å². The molecular formula is C17H24Cl2N4O. The van der Waals surface area contributed by atoms with Crippen LogP contribution in [0, 0.1) is 0 Å². The predicted octanol–water partition coefficient (Wildman–Crippen LogP) is 3.79. The lowest BCUT2D eigenvalue weighted by Gasteiger charge is -2.39. The van der Waals surface area contributed by atoms with E-state index in [0.717, 1.165) is 42.1 Å². The maximum absolute atomic E-state index is 11.5. The standard InChI is InChI=1S/C17H22N4O.2ClH/c1-13(22)19-17(8-3-2-4-9-17)21-20-16-6-5-15-12-18-10-7-14(15)11-16;;/h5-7,10-12,20-21H,2-4,8-9H2,1H3,(H,19,22);2*1H. The van der Waals surface area contributed by atoms with Crippen LogP contribution in [0.1, 0.15) is 39.0 Å². The molecule has 7 heteroatoms. The Bertz CT molecular complexity index is 674. The SMILES string of the molecule is CC(=O)NC1(NNc2ccc3cnccc3c2)CCCCC1.Cl.Cl. The molecule has 2 aromatic rings. The minimum absolute atomic E-state index is 0. The molecule has 0 bridgehead atoms. The van der Waals surface area contributed by atoms with Gasteiger partial charge in [-0.3, -0.25) is 9.78 Å². The normalized spacial score (nSPS) is 15.7. The zero-order valence-corrected chi connectivity index (χ0v) is 15.3. The third kappa shape index (κ3) is 4.97. The largest absolute Gasteiger partial charge is 0.337 e. The summed E-state index contributed by atoms with van der Waals surface area (Å²) in [6.45, 7) is 1.57. The number of hydrazine groups is 1. The minimum Gasteiger partial charge on any atom is -0.337 e. The predicted molar refractivity (Wildman–Crippen MR) is 103 cm³/mol. The molecule has 1 amide bonds. The number of nitrogens with zero attached hydrogens (tertiary/aromatic N) is 1. The van der Waals surface area contributed by atoms with Gasteiger partial charge in [-0.05, 0) is 49.3 Å². The number of rotatable bonds is 4. The zero-order valence-electron chi connectivity index (χ0n) is 13.7. The third-order valence-electron chi connectivity index (χ3n) is 4.21. The summed E-state index contributed by atoms with van der Waals surface area (Å²) in [5.74, 6) is 0.000728. The van der Waals surface area contributed by atoms with Crippen LogP contribution < -0.4 is 16.2 Å². The summed E-state index contributed by atoms with van der Waals surface area (Å²) in [5.41, 5.74) is 7.25. The summed E-state index contributed by atoms with van der Waals surface area (Å²) in [6, 6.07) is 8.12. The number of halogens is 2. The molecule has 1 heterocycles. The molecule has 0 radical (unpaired) electrons. The second-order valence-corrected chi connectivity index (χ2v) is 6.01. The minimum atomic E-state index is -0.350. The molecule has 1 fully saturated rings. The van der Waals surface area contributed by atoms with E-state index in [2.05, 4.69) is 27.2 Å². The molecule has 1 aliphatic carbocycles. The molecular weight excluding hydrogens is 347 g/mol. The van der Waals surface area contributed by atoms with Crippen LogP contribution in [0.15, 0.2) is 36.7 Å². The Morgan fingerprint density at radius 1 is 1.08 bits per heavy atom. The van der Waals surface area contributed by atoms with Gasteiger partial charge in [-0.2, -0.15) is 0 Å². The Hall–Kier alpha value is -1.56. The van der Waals surface area contributed by atoms with E-state index in [4.69, 9.17) is 0 Å². The van der Waals surface area contributed by atoms with Gasteiger partial charge < -0.3 is 10.7 Å². The van der Waals surface area contributed by atoms with Gasteiger partial charge in [0.1, 0.15) is 5.66 Å². The molecule has 3 rings (SSSR count). The Morgan fingerprint density at radius 2 is 1.83 bits per heavy atom. The van der Waals surface area contributed by atoms with E-state index < -0.39 is 0 Å². The maximum Gasteiger partial charge on any atom is 0.218 e. The molecule has 1 aliphatic rings. The second-order valence-electron chi connectivity index (χ2n) is 6.01. The quantitative estimate of drug-likeness (QED) is 0.565. The van der Waals surface area contributed by atoms with Crippen molar-refractivity contribution in [1.29, 1.82) is 0 Å². The van der Waals surface area contributed by atoms with Gasteiger partial charge in [0.25, 0.3) is 0 Å². The molecule has 5 nitrogen and oxygen atoms in total. The number of amides is 1. The van der Waals surface area contributed by atoms with E-state index in [-0.39, 0.29) is 36.4 Å². The van der Waals surface area contributed by atoms with E-state index in [9.17, 15) is 4.79 Å². The van der Waals surface area contributed by atoms with Crippen molar-refractivity contribution >= 4 is 47.2 Å². The van der Waals surface area contributed by atoms with Gasteiger partial charge in [-0.15, -0.1) is 24.8 Å². The lowest BCUT2D eigenvalue weighted by molar-refractivity contribution is -0.121. The first kappa shape index (κ1) is 20.5. The number of fused-ring (bicyclic) bond motifs is 1. The van der Waals surface area contributed by atoms with Crippen molar-refractivity contribution in [2.75, 3.05) is 5.43 Å². The molecule has 1 aromatic carbocycles. The Morgan fingerprint density at radius 3 is 2.54 bits per heavy atom. The number of nitrogens with one attached hydrogen (secondary N) is 3. The lowest BCUT2D eigenvalue weighted by Crippen LogP contribution is -2.61. The number of benzene rings is 1. The second kappa shape index (κ2) is 9.06. The number of hydrogen-bond donors (Lipinski definition) is 3. The average molecular weight is 371 g/mol. The van der Waals surface area contributed by atoms with Gasteiger partial charge >= 0.3 is 0 Å². The van der Waals surface area contributed by atoms with E-state index >= 15 is 0 Å². The average Bonchev–Trinajstić information content (AvgIpc) is 2.53. The van der Waals surface area contributed by atoms with Crippen molar-refractivity contribution in [1.82, 2.24) is 15.7 Å². The first-order valence-electron chi connectivity index (χ1n) is 7.83. The summed E-state index contributed by atoms with van der Waals surface area (Å²) in [7, 11) is 0. The molecule has 1 aromatic heterocycles. The van der Waals surface area contributed by atoms with Gasteiger partial charge in [-0.25, -0.2) is 5.43 Å². The number of carbonyl (C=O) groups excluding carboxylic acids is 1. The van der Waals surface area contributed by atoms with Gasteiger partial charge in [0.05, 0.1) is 0 Å². The van der Waals surface area contributed by atoms with E-state index in [1.807, 2.05) is 24.4 Å². The molecule has 24 heavy (non-hydrogen) atoms. The van der Waals surface area contributed by atoms with Crippen molar-refractivity contribution in [2.24, 2.45) is 0 Å². The smallest absolute Gasteiger partial charge is 0.218 e. The highest BCUT2D eigenvalue weighted by molar-refractivity contribution is 5.86. The number of hydrogen-bond acceptors (Lipinski definition) is 4. The summed E-state index contributed by atoms with van der Waals surface area (Å²) >= 11 is 0.